The van der Waals surface area contributed by atoms with Crippen LogP contribution in [0.3, 0.4) is 0 Å². The van der Waals surface area contributed by atoms with Crippen LogP contribution in [0.5, 0.6) is 0 Å². The van der Waals surface area contributed by atoms with Crippen molar-refractivity contribution in [2.75, 3.05) is 0 Å². The predicted octanol–water partition coefficient (Wildman–Crippen LogP) is -2.90. The minimum atomic E-state index is 0. The molecule has 0 aromatic rings. The van der Waals surface area contributed by atoms with Crippen molar-refractivity contribution in [2.45, 2.75) is 0 Å². The van der Waals surface area contributed by atoms with Crippen molar-refractivity contribution in [3.63, 3.8) is 0 Å². The van der Waals surface area contributed by atoms with Gasteiger partial charge >= 0.3 is 75.5 Å². The molecule has 0 heterocycles. The maximum Gasteiger partial charge on any atom is 2.00 e. The molecule has 0 nitrogen and oxygen atoms in total. The molecule has 0 atom stereocenters. The SMILES string of the molecule is [Ca+2].[Ca+2].[I-].[P-3]. The number of hydrogen-bond donors (Lipinski definition) is 0. The van der Waals surface area contributed by atoms with Crippen molar-refractivity contribution >= 4 is 85.4 Å². The fraction of sp³-hybridized carbons (Fsp3) is 0. The van der Waals surface area contributed by atoms with Crippen LogP contribution in [0.1, 0.15) is 0 Å². The zero-order valence-electron chi connectivity index (χ0n) is 2.24. The molecule has 0 radical (unpaired) electrons. The molecule has 16 valence electrons. The van der Waals surface area contributed by atoms with E-state index in [-0.39, 0.29) is 109 Å². The summed E-state index contributed by atoms with van der Waals surface area (Å²) in [4.78, 5) is 0. The maximum atomic E-state index is 0. The first-order chi connectivity index (χ1) is 0. The van der Waals surface area contributed by atoms with Crippen molar-refractivity contribution in [1.29, 1.82) is 0 Å². The normalized spacial score (nSPS) is 0. The molecular weight excluding hydrogens is 238 g/mol. The van der Waals surface area contributed by atoms with Gasteiger partial charge in [-0.2, -0.15) is 0 Å². The second-order valence-corrected chi connectivity index (χ2v) is 0. The average molecular weight is 238 g/mol. The summed E-state index contributed by atoms with van der Waals surface area (Å²) in [6.45, 7) is 0. The Hall–Kier alpha value is 3.68. The van der Waals surface area contributed by atoms with E-state index in [1.165, 1.54) is 0 Å². The van der Waals surface area contributed by atoms with Crippen LogP contribution in [0.15, 0.2) is 0 Å². The van der Waals surface area contributed by atoms with Gasteiger partial charge in [0.2, 0.25) is 0 Å². The Labute approximate surface area is 106 Å². The van der Waals surface area contributed by atoms with Crippen LogP contribution in [0.4, 0.5) is 0 Å². The van der Waals surface area contributed by atoms with E-state index in [4.69, 9.17) is 0 Å². The Morgan fingerprint density at radius 1 is 0.750 bits per heavy atom. The Balaban J connectivity index is 0. The summed E-state index contributed by atoms with van der Waals surface area (Å²) in [7, 11) is 0. The Morgan fingerprint density at radius 3 is 0.750 bits per heavy atom. The summed E-state index contributed by atoms with van der Waals surface area (Å²) in [5, 5.41) is 0. The Kier molecular flexibility index (Phi) is 101. The van der Waals surface area contributed by atoms with Gasteiger partial charge in [-0.1, -0.05) is 0 Å². The van der Waals surface area contributed by atoms with Crippen LogP contribution in [-0.2, 0) is 0 Å². The molecular formula is Ca2IP. The number of halogens is 1. The smallest absolute Gasteiger partial charge is 2.00 e. The molecule has 0 aromatic carbocycles. The zero-order chi connectivity index (χ0) is 0. The summed E-state index contributed by atoms with van der Waals surface area (Å²) >= 11 is 0. The minimum Gasteiger partial charge on any atom is -3.00 e. The van der Waals surface area contributed by atoms with Gasteiger partial charge in [-0.3, -0.25) is 0 Å². The van der Waals surface area contributed by atoms with Gasteiger partial charge in [-0.15, -0.1) is 0 Å². The van der Waals surface area contributed by atoms with Crippen molar-refractivity contribution in [3.8, 4) is 0 Å². The first-order valence-electron chi connectivity index (χ1n) is 0. The van der Waals surface area contributed by atoms with E-state index >= 15 is 0 Å². The second kappa shape index (κ2) is 15.9. The monoisotopic (exact) mass is 238 g/mol. The number of hydrogen-bond acceptors (Lipinski definition) is 0. The third kappa shape index (κ3) is 9.19. The quantitative estimate of drug-likeness (QED) is 0.241. The summed E-state index contributed by atoms with van der Waals surface area (Å²) in [5.74, 6) is 0. The maximum absolute atomic E-state index is 0. The van der Waals surface area contributed by atoms with E-state index < -0.39 is 0 Å². The third-order valence-electron chi connectivity index (χ3n) is 0. The van der Waals surface area contributed by atoms with Crippen molar-refractivity contribution < 1.29 is 24.0 Å². The molecule has 0 amide bonds. The van der Waals surface area contributed by atoms with Gasteiger partial charge in [0.1, 0.15) is 0 Å². The molecule has 0 aliphatic carbocycles. The first kappa shape index (κ1) is 25.3. The Morgan fingerprint density at radius 2 is 0.750 bits per heavy atom. The van der Waals surface area contributed by atoms with Gasteiger partial charge in [-0.05, 0) is 0 Å². The first-order valence-corrected chi connectivity index (χ1v) is 0. The molecule has 0 aromatic heterocycles. The molecule has 0 saturated heterocycles. The van der Waals surface area contributed by atoms with Crippen LogP contribution in [0.25, 0.3) is 0 Å². The van der Waals surface area contributed by atoms with E-state index in [2.05, 4.69) is 0 Å². The minimum absolute atomic E-state index is 0. The number of rotatable bonds is 0. The Bertz CT molecular complexity index is 6.00. The summed E-state index contributed by atoms with van der Waals surface area (Å²) in [6, 6.07) is 0. The van der Waals surface area contributed by atoms with Crippen LogP contribution >= 0.6 is 9.90 Å². The van der Waals surface area contributed by atoms with Gasteiger partial charge in [0.25, 0.3) is 0 Å². The molecule has 4 heavy (non-hydrogen) atoms. The van der Waals surface area contributed by atoms with E-state index in [1.54, 1.807) is 0 Å². The molecule has 0 spiro atoms. The molecule has 0 unspecified atom stereocenters. The van der Waals surface area contributed by atoms with Gasteiger partial charge in [0.15, 0.2) is 0 Å². The molecule has 0 aliphatic heterocycles. The van der Waals surface area contributed by atoms with Gasteiger partial charge in [0, 0.05) is 0 Å². The molecule has 0 rings (SSSR count). The molecule has 0 N–H and O–H groups in total. The summed E-state index contributed by atoms with van der Waals surface area (Å²) in [5.41, 5.74) is 0. The van der Waals surface area contributed by atoms with Crippen molar-refractivity contribution in [3.05, 3.63) is 0 Å². The standard InChI is InChI=1S/2Ca.HI.P/h;;1H;/q2*+2;;-3/p-1. The largest absolute Gasteiger partial charge is 3.00 e. The van der Waals surface area contributed by atoms with Gasteiger partial charge < -0.3 is 33.9 Å². The van der Waals surface area contributed by atoms with Crippen LogP contribution in [0, 0.1) is 0 Å². The van der Waals surface area contributed by atoms with E-state index in [0.29, 0.717) is 0 Å². The molecule has 4 heteroatoms. The summed E-state index contributed by atoms with van der Waals surface area (Å²) in [6.07, 6.45) is 0. The third-order valence-corrected chi connectivity index (χ3v) is 0. The summed E-state index contributed by atoms with van der Waals surface area (Å²) < 4.78 is 0. The molecule has 0 fully saturated rings. The second-order valence-electron chi connectivity index (χ2n) is 0. The fourth-order valence-electron chi connectivity index (χ4n) is 0. The van der Waals surface area contributed by atoms with Crippen molar-refractivity contribution in [2.24, 2.45) is 0 Å². The fourth-order valence-corrected chi connectivity index (χ4v) is 0. The van der Waals surface area contributed by atoms with Crippen molar-refractivity contribution in [1.82, 2.24) is 0 Å². The van der Waals surface area contributed by atoms with Crippen LogP contribution in [-0.4, -0.2) is 75.5 Å². The van der Waals surface area contributed by atoms with E-state index in [9.17, 15) is 0 Å². The van der Waals surface area contributed by atoms with Gasteiger partial charge in [-0.25, -0.2) is 0 Å². The topological polar surface area (TPSA) is 0 Å². The van der Waals surface area contributed by atoms with E-state index in [0.717, 1.165) is 0 Å². The average Bonchev–Trinajstić information content (AvgIpc) is 0. The van der Waals surface area contributed by atoms with Gasteiger partial charge in [0.05, 0.1) is 0 Å². The van der Waals surface area contributed by atoms with Crippen LogP contribution < -0.4 is 24.0 Å². The molecule has 0 bridgehead atoms. The molecule has 0 saturated carbocycles. The zero-order valence-corrected chi connectivity index (χ0v) is 9.71. The van der Waals surface area contributed by atoms with Crippen LogP contribution in [0.2, 0.25) is 0 Å². The van der Waals surface area contributed by atoms with E-state index in [1.807, 2.05) is 0 Å². The molecule has 0 aliphatic rings. The predicted molar refractivity (Wildman–Crippen MR) is 18.4 cm³/mol.